The lowest BCUT2D eigenvalue weighted by Gasteiger charge is -2.37. The zero-order valence-electron chi connectivity index (χ0n) is 26.8. The number of H-pyrrole nitrogens is 2. The van der Waals surface area contributed by atoms with Crippen molar-refractivity contribution < 1.29 is 29.2 Å². The van der Waals surface area contributed by atoms with Crippen LogP contribution in [-0.2, 0) is 13.9 Å². The molecule has 0 spiro atoms. The summed E-state index contributed by atoms with van der Waals surface area (Å²) in [5, 5.41) is 30.7. The molecule has 0 aromatic carbocycles. The molecule has 4 aromatic heterocycles. The van der Waals surface area contributed by atoms with Crippen molar-refractivity contribution in [1.82, 2.24) is 19.1 Å². The van der Waals surface area contributed by atoms with Crippen LogP contribution in [0.25, 0.3) is 21.8 Å². The first-order chi connectivity index (χ1) is 21.9. The second kappa shape index (κ2) is 13.7. The average Bonchev–Trinajstić information content (AvgIpc) is 3.70. The molecule has 17 heteroatoms. The number of ether oxygens (including phenoxy) is 2. The fourth-order valence-corrected chi connectivity index (χ4v) is 8.24. The van der Waals surface area contributed by atoms with Crippen molar-refractivity contribution in [2.75, 3.05) is 24.7 Å². The van der Waals surface area contributed by atoms with Crippen molar-refractivity contribution in [1.29, 1.82) is 0 Å². The van der Waals surface area contributed by atoms with Crippen LogP contribution in [0.5, 0.6) is 0 Å². The Morgan fingerprint density at radius 2 is 1.32 bits per heavy atom. The fourth-order valence-electron chi connectivity index (χ4n) is 5.58. The van der Waals surface area contributed by atoms with Crippen LogP contribution in [-0.4, -0.2) is 80.4 Å². The quantitative estimate of drug-likeness (QED) is 0.111. The number of nitrogens with one attached hydrogen (secondary N) is 2. The summed E-state index contributed by atoms with van der Waals surface area (Å²) in [6, 6.07) is 3.40. The van der Waals surface area contributed by atoms with E-state index in [2.05, 4.69) is 89.0 Å². The highest BCUT2D eigenvalue weighted by Gasteiger charge is 2.41. The number of aliphatic hydroxyl groups excluding tert-OH is 3. The first kappa shape index (κ1) is 36.3. The van der Waals surface area contributed by atoms with Crippen LogP contribution in [0, 0.1) is 7.14 Å². The summed E-state index contributed by atoms with van der Waals surface area (Å²) < 4.78 is 23.2. The SMILES string of the molecule is CC(C)(C)[Si](C)(C)OCC1OC(n2cc(I)c3c(=O)[nH]c(N)cc32)CC1O.Nc1cc2c(c(I)cn2C2CC(O)C(CO)O2)c(=O)[nH]1. The minimum Gasteiger partial charge on any atom is -0.414 e. The van der Waals surface area contributed by atoms with Gasteiger partial charge in [-0.1, -0.05) is 20.8 Å². The molecule has 0 aliphatic carbocycles. The van der Waals surface area contributed by atoms with Gasteiger partial charge >= 0.3 is 0 Å². The highest BCUT2D eigenvalue weighted by molar-refractivity contribution is 14.1. The molecule has 9 N–H and O–H groups in total. The van der Waals surface area contributed by atoms with Gasteiger partial charge in [-0.3, -0.25) is 9.59 Å². The van der Waals surface area contributed by atoms with E-state index in [-0.39, 0.29) is 34.8 Å². The molecule has 0 bridgehead atoms. The molecule has 6 atom stereocenters. The summed E-state index contributed by atoms with van der Waals surface area (Å²) in [7, 11) is -1.92. The second-order valence-electron chi connectivity index (χ2n) is 13.5. The maximum Gasteiger partial charge on any atom is 0.260 e. The molecule has 6 unspecified atom stereocenters. The summed E-state index contributed by atoms with van der Waals surface area (Å²) in [4.78, 5) is 29.4. The van der Waals surface area contributed by atoms with Crippen molar-refractivity contribution in [3.8, 4) is 0 Å². The lowest BCUT2D eigenvalue weighted by atomic mass is 10.2. The van der Waals surface area contributed by atoms with Gasteiger partial charge in [0.1, 0.15) is 36.3 Å². The number of aliphatic hydroxyl groups is 3. The van der Waals surface area contributed by atoms with Gasteiger partial charge in [-0.05, 0) is 63.3 Å². The Labute approximate surface area is 299 Å². The minimum atomic E-state index is -1.92. The highest BCUT2D eigenvalue weighted by atomic mass is 127. The second-order valence-corrected chi connectivity index (χ2v) is 20.6. The number of aromatic nitrogens is 4. The summed E-state index contributed by atoms with van der Waals surface area (Å²) in [5.74, 6) is 0.579. The average molecular weight is 897 g/mol. The van der Waals surface area contributed by atoms with E-state index in [1.54, 1.807) is 22.9 Å². The first-order valence-corrected chi connectivity index (χ1v) is 20.3. The molecule has 4 aromatic rings. The molecular formula is C30H42I2N6O8Si. The number of nitrogens with zero attached hydrogens (tertiary/aromatic N) is 2. The number of aromatic amines is 2. The van der Waals surface area contributed by atoms with E-state index >= 15 is 0 Å². The largest absolute Gasteiger partial charge is 0.414 e. The number of hydrogen-bond donors (Lipinski definition) is 7. The van der Waals surface area contributed by atoms with Crippen molar-refractivity contribution in [2.24, 2.45) is 0 Å². The normalized spacial score (nSPS) is 25.1. The number of anilines is 2. The molecule has 0 saturated carbocycles. The number of pyridine rings is 2. The van der Waals surface area contributed by atoms with Crippen molar-refractivity contribution >= 4 is 86.9 Å². The Hall–Kier alpha value is -1.98. The van der Waals surface area contributed by atoms with Gasteiger partial charge in [-0.2, -0.15) is 0 Å². The lowest BCUT2D eigenvalue weighted by Crippen LogP contribution is -2.43. The summed E-state index contributed by atoms with van der Waals surface area (Å²) in [6.45, 7) is 11.0. The van der Waals surface area contributed by atoms with Crippen LogP contribution < -0.4 is 22.6 Å². The zero-order chi connectivity index (χ0) is 34.6. The van der Waals surface area contributed by atoms with Gasteiger partial charge in [0, 0.05) is 44.5 Å². The fraction of sp³-hybridized carbons (Fsp3) is 0.533. The third kappa shape index (κ3) is 7.32. The first-order valence-electron chi connectivity index (χ1n) is 15.2. The Bertz CT molecular complexity index is 1880. The van der Waals surface area contributed by atoms with Crippen molar-refractivity contribution in [3.63, 3.8) is 0 Å². The van der Waals surface area contributed by atoms with Crippen LogP contribution in [0.4, 0.5) is 11.6 Å². The molecule has 6 heterocycles. The van der Waals surface area contributed by atoms with Crippen LogP contribution in [0.3, 0.4) is 0 Å². The number of hydrogen-bond acceptors (Lipinski definition) is 10. The maximum atomic E-state index is 12.2. The number of nitrogen functional groups attached to an aromatic ring is 2. The van der Waals surface area contributed by atoms with E-state index in [9.17, 15) is 19.8 Å². The van der Waals surface area contributed by atoms with Crippen LogP contribution in [0.1, 0.15) is 46.1 Å². The van der Waals surface area contributed by atoms with Gasteiger partial charge in [0.2, 0.25) is 0 Å². The molecule has 2 aliphatic heterocycles. The van der Waals surface area contributed by atoms with Gasteiger partial charge in [0.05, 0.1) is 47.2 Å². The van der Waals surface area contributed by atoms with Gasteiger partial charge in [-0.15, -0.1) is 0 Å². The minimum absolute atomic E-state index is 0.0985. The molecular weight excluding hydrogens is 854 g/mol. The van der Waals surface area contributed by atoms with Gasteiger partial charge in [0.15, 0.2) is 8.32 Å². The molecule has 0 radical (unpaired) electrons. The molecule has 2 saturated heterocycles. The Kier molecular flexibility index (Phi) is 10.6. The summed E-state index contributed by atoms with van der Waals surface area (Å²) in [6.07, 6.45) is 1.35. The Balaban J connectivity index is 0.000000193. The van der Waals surface area contributed by atoms with Crippen LogP contribution >= 0.6 is 45.2 Å². The monoisotopic (exact) mass is 896 g/mol. The van der Waals surface area contributed by atoms with Crippen molar-refractivity contribution in [3.05, 3.63) is 52.4 Å². The number of nitrogens with two attached hydrogens (primary N) is 2. The third-order valence-corrected chi connectivity index (χ3v) is 15.4. The number of halogens is 2. The molecule has 258 valence electrons. The molecule has 0 amide bonds. The molecule has 14 nitrogen and oxygen atoms in total. The van der Waals surface area contributed by atoms with E-state index in [0.717, 1.165) is 7.14 Å². The summed E-state index contributed by atoms with van der Waals surface area (Å²) >= 11 is 4.20. The highest BCUT2D eigenvalue weighted by Crippen LogP contribution is 2.39. The lowest BCUT2D eigenvalue weighted by molar-refractivity contribution is -0.0429. The number of rotatable bonds is 6. The Morgan fingerprint density at radius 3 is 1.72 bits per heavy atom. The van der Waals surface area contributed by atoms with E-state index in [0.29, 0.717) is 47.1 Å². The van der Waals surface area contributed by atoms with E-state index in [4.69, 9.17) is 30.5 Å². The van der Waals surface area contributed by atoms with Gasteiger partial charge in [0.25, 0.3) is 11.1 Å². The smallest absolute Gasteiger partial charge is 0.260 e. The predicted molar refractivity (Wildman–Crippen MR) is 199 cm³/mol. The van der Waals surface area contributed by atoms with Crippen LogP contribution in [0.15, 0.2) is 34.1 Å². The third-order valence-electron chi connectivity index (χ3n) is 9.23. The zero-order valence-corrected chi connectivity index (χ0v) is 32.1. The maximum absolute atomic E-state index is 12.2. The molecule has 6 rings (SSSR count). The van der Waals surface area contributed by atoms with E-state index in [1.807, 2.05) is 10.8 Å². The molecule has 47 heavy (non-hydrogen) atoms. The van der Waals surface area contributed by atoms with Crippen molar-refractivity contribution in [2.45, 2.75) is 88.6 Å². The summed E-state index contributed by atoms with van der Waals surface area (Å²) in [5.41, 5.74) is 12.4. The molecule has 2 fully saturated rings. The van der Waals surface area contributed by atoms with E-state index in [1.165, 1.54) is 0 Å². The topological polar surface area (TPSA) is 216 Å². The van der Waals surface area contributed by atoms with Gasteiger partial charge in [-0.25, -0.2) is 0 Å². The van der Waals surface area contributed by atoms with Crippen LogP contribution in [0.2, 0.25) is 18.1 Å². The van der Waals surface area contributed by atoms with Gasteiger partial charge < -0.3 is 59.8 Å². The Morgan fingerprint density at radius 1 is 0.894 bits per heavy atom. The van der Waals surface area contributed by atoms with E-state index < -0.39 is 39.0 Å². The standard InChI is InChI=1S/C18H28IN3O4Si.C12H14IN3O4/c1-18(2,3)27(4,5)25-9-13-12(23)7-15(26-13)22-8-10(19)16-11(22)6-14(20)21-17(16)24;13-5-3-16(10-2-7(18)8(4-17)20-10)6-1-9(14)15-12(19)11(5)6/h6,8,12-13,15,23H,7,9H2,1-5H3,(H3,20,21,24);1,3,7-8,10,17-18H,2,4H2,(H3,14,15,19). The molecule has 2 aliphatic rings. The number of fused-ring (bicyclic) bond motifs is 2. The predicted octanol–water partition coefficient (Wildman–Crippen LogP) is 3.34.